The molecule has 0 radical (unpaired) electrons. The molecule has 0 fully saturated rings. The van der Waals surface area contributed by atoms with E-state index in [4.69, 9.17) is 9.47 Å². The van der Waals surface area contributed by atoms with Crippen molar-refractivity contribution in [3.8, 4) is 11.5 Å². The van der Waals surface area contributed by atoms with Crippen LogP contribution >= 0.6 is 15.9 Å². The van der Waals surface area contributed by atoms with Gasteiger partial charge in [-0.1, -0.05) is 53.5 Å². The lowest BCUT2D eigenvalue weighted by molar-refractivity contribution is -0.142. The number of amides is 2. The summed E-state index contributed by atoms with van der Waals surface area (Å²) in [6.45, 7) is 4.51. The zero-order valence-electron chi connectivity index (χ0n) is 17.7. The van der Waals surface area contributed by atoms with Gasteiger partial charge in [0.1, 0.15) is 6.04 Å². The molecular formula is C23H29BrN2O4. The lowest BCUT2D eigenvalue weighted by Crippen LogP contribution is -2.49. The average molecular weight is 477 g/mol. The molecule has 162 valence electrons. The van der Waals surface area contributed by atoms with Gasteiger partial charge < -0.3 is 19.7 Å². The summed E-state index contributed by atoms with van der Waals surface area (Å²) in [7, 11) is 1.55. The Kier molecular flexibility index (Phi) is 9.67. The van der Waals surface area contributed by atoms with Crippen molar-refractivity contribution in [2.24, 2.45) is 0 Å². The molecule has 1 N–H and O–H groups in total. The summed E-state index contributed by atoms with van der Waals surface area (Å²) in [4.78, 5) is 27.2. The van der Waals surface area contributed by atoms with Crippen molar-refractivity contribution in [1.82, 2.24) is 10.2 Å². The van der Waals surface area contributed by atoms with Gasteiger partial charge in [0.2, 0.25) is 5.91 Å². The van der Waals surface area contributed by atoms with Crippen LogP contribution in [0.3, 0.4) is 0 Å². The molecule has 0 aliphatic carbocycles. The number of halogens is 1. The van der Waals surface area contributed by atoms with E-state index in [9.17, 15) is 9.59 Å². The molecule has 0 saturated heterocycles. The van der Waals surface area contributed by atoms with Crippen molar-refractivity contribution in [2.45, 2.75) is 39.3 Å². The summed E-state index contributed by atoms with van der Waals surface area (Å²) in [6.07, 6.45) is 1.89. The lowest BCUT2D eigenvalue weighted by Gasteiger charge is -2.29. The van der Waals surface area contributed by atoms with Crippen LogP contribution in [0, 0.1) is 0 Å². The van der Waals surface area contributed by atoms with Gasteiger partial charge in [-0.2, -0.15) is 0 Å². The Bertz CT molecular complexity index is 826. The van der Waals surface area contributed by atoms with E-state index in [0.29, 0.717) is 24.6 Å². The molecule has 1 atom stereocenters. The van der Waals surface area contributed by atoms with Gasteiger partial charge in [-0.05, 0) is 43.2 Å². The van der Waals surface area contributed by atoms with Crippen LogP contribution < -0.4 is 14.8 Å². The number of nitrogens with zero attached hydrogens (tertiary/aromatic N) is 1. The van der Waals surface area contributed by atoms with Crippen molar-refractivity contribution < 1.29 is 19.1 Å². The number of benzene rings is 2. The molecule has 6 nitrogen and oxygen atoms in total. The van der Waals surface area contributed by atoms with Gasteiger partial charge in [0, 0.05) is 17.6 Å². The van der Waals surface area contributed by atoms with E-state index in [1.165, 1.54) is 0 Å². The van der Waals surface area contributed by atoms with Crippen LogP contribution in [0.25, 0.3) is 0 Å². The highest BCUT2D eigenvalue weighted by molar-refractivity contribution is 9.10. The number of hydrogen-bond acceptors (Lipinski definition) is 4. The smallest absolute Gasteiger partial charge is 0.261 e. The van der Waals surface area contributed by atoms with Gasteiger partial charge >= 0.3 is 0 Å². The molecule has 2 rings (SSSR count). The van der Waals surface area contributed by atoms with Gasteiger partial charge in [-0.15, -0.1) is 0 Å². The van der Waals surface area contributed by atoms with E-state index < -0.39 is 6.04 Å². The number of methoxy groups -OCH3 is 1. The van der Waals surface area contributed by atoms with E-state index >= 15 is 0 Å². The summed E-state index contributed by atoms with van der Waals surface area (Å²) >= 11 is 3.42. The number of hydrogen-bond donors (Lipinski definition) is 1. The number of nitrogens with one attached hydrogen (secondary N) is 1. The molecule has 0 aliphatic rings. The molecule has 2 amide bonds. The zero-order chi connectivity index (χ0) is 21.9. The topological polar surface area (TPSA) is 67.9 Å². The molecule has 7 heteroatoms. The second-order valence-corrected chi connectivity index (χ2v) is 7.82. The summed E-state index contributed by atoms with van der Waals surface area (Å²) in [5.74, 6) is 0.584. The number of carbonyl (C=O) groups excluding carboxylic acids is 2. The molecule has 2 aromatic carbocycles. The Balaban J connectivity index is 2.13. The van der Waals surface area contributed by atoms with Crippen LogP contribution in [0.1, 0.15) is 32.3 Å². The van der Waals surface area contributed by atoms with Crippen LogP contribution in [0.15, 0.2) is 53.0 Å². The SMILES string of the molecule is CCCCNC(=O)[C@H](C)N(Cc1ccc(Br)cc1)C(=O)COc1ccccc1OC. The molecule has 2 aromatic rings. The fourth-order valence-corrected chi connectivity index (χ4v) is 3.13. The largest absolute Gasteiger partial charge is 0.493 e. The van der Waals surface area contributed by atoms with Gasteiger partial charge in [-0.25, -0.2) is 0 Å². The minimum atomic E-state index is -0.626. The van der Waals surface area contributed by atoms with Crippen molar-refractivity contribution in [3.63, 3.8) is 0 Å². The minimum Gasteiger partial charge on any atom is -0.493 e. The predicted molar refractivity (Wildman–Crippen MR) is 121 cm³/mol. The lowest BCUT2D eigenvalue weighted by atomic mass is 10.1. The quantitative estimate of drug-likeness (QED) is 0.494. The van der Waals surface area contributed by atoms with Crippen molar-refractivity contribution in [2.75, 3.05) is 20.3 Å². The first-order valence-corrected chi connectivity index (χ1v) is 10.8. The van der Waals surface area contributed by atoms with Crippen LogP contribution in [0.5, 0.6) is 11.5 Å². The van der Waals surface area contributed by atoms with Crippen LogP contribution in [0.4, 0.5) is 0 Å². The Morgan fingerprint density at radius 2 is 1.77 bits per heavy atom. The first-order valence-electron chi connectivity index (χ1n) is 10.0. The number of unbranched alkanes of at least 4 members (excludes halogenated alkanes) is 1. The van der Waals surface area contributed by atoms with Crippen LogP contribution in [-0.2, 0) is 16.1 Å². The molecule has 0 spiro atoms. The highest BCUT2D eigenvalue weighted by atomic mass is 79.9. The number of carbonyl (C=O) groups is 2. The highest BCUT2D eigenvalue weighted by Crippen LogP contribution is 2.26. The standard InChI is InChI=1S/C23H29BrN2O4/c1-4-5-14-25-23(28)17(2)26(15-18-10-12-19(24)13-11-18)22(27)16-30-21-9-7-6-8-20(21)29-3/h6-13,17H,4-5,14-16H2,1-3H3,(H,25,28)/t17-/m0/s1. The van der Waals surface area contributed by atoms with Crippen molar-refractivity contribution >= 4 is 27.7 Å². The van der Waals surface area contributed by atoms with Crippen LogP contribution in [-0.4, -0.2) is 43.0 Å². The van der Waals surface area contributed by atoms with E-state index in [0.717, 1.165) is 22.9 Å². The van der Waals surface area contributed by atoms with Crippen molar-refractivity contribution in [3.05, 3.63) is 58.6 Å². The number of rotatable bonds is 11. The molecule has 0 saturated carbocycles. The summed E-state index contributed by atoms with van der Waals surface area (Å²) in [5, 5.41) is 2.90. The Hall–Kier alpha value is -2.54. The van der Waals surface area contributed by atoms with E-state index in [1.807, 2.05) is 36.4 Å². The molecule has 0 bridgehead atoms. The van der Waals surface area contributed by atoms with Gasteiger partial charge in [-0.3, -0.25) is 9.59 Å². The second-order valence-electron chi connectivity index (χ2n) is 6.91. The first kappa shape index (κ1) is 23.7. The minimum absolute atomic E-state index is 0.175. The Labute approximate surface area is 186 Å². The molecule has 0 aromatic heterocycles. The molecular weight excluding hydrogens is 448 g/mol. The van der Waals surface area contributed by atoms with Crippen molar-refractivity contribution in [1.29, 1.82) is 0 Å². The van der Waals surface area contributed by atoms with Gasteiger partial charge in [0.15, 0.2) is 18.1 Å². The summed E-state index contributed by atoms with van der Waals surface area (Å²) < 4.78 is 11.9. The summed E-state index contributed by atoms with van der Waals surface area (Å²) in [5.41, 5.74) is 0.928. The number of ether oxygens (including phenoxy) is 2. The second kappa shape index (κ2) is 12.2. The summed E-state index contributed by atoms with van der Waals surface area (Å²) in [6, 6.07) is 14.2. The van der Waals surface area contributed by atoms with Gasteiger partial charge in [0.05, 0.1) is 7.11 Å². The normalized spacial score (nSPS) is 11.5. The third-order valence-corrected chi connectivity index (χ3v) is 5.21. The maximum absolute atomic E-state index is 13.0. The Morgan fingerprint density at radius 1 is 1.10 bits per heavy atom. The number of para-hydroxylation sites is 2. The maximum Gasteiger partial charge on any atom is 0.261 e. The van der Waals surface area contributed by atoms with E-state index in [-0.39, 0.29) is 18.4 Å². The maximum atomic E-state index is 13.0. The zero-order valence-corrected chi connectivity index (χ0v) is 19.3. The third-order valence-electron chi connectivity index (χ3n) is 4.68. The molecule has 0 unspecified atom stereocenters. The Morgan fingerprint density at radius 3 is 2.40 bits per heavy atom. The van der Waals surface area contributed by atoms with E-state index in [1.54, 1.807) is 31.1 Å². The monoisotopic (exact) mass is 476 g/mol. The van der Waals surface area contributed by atoms with E-state index in [2.05, 4.69) is 28.2 Å². The van der Waals surface area contributed by atoms with Gasteiger partial charge in [0.25, 0.3) is 5.91 Å². The fraction of sp³-hybridized carbons (Fsp3) is 0.391. The molecule has 0 heterocycles. The molecule has 0 aliphatic heterocycles. The fourth-order valence-electron chi connectivity index (χ4n) is 2.87. The first-order chi connectivity index (χ1) is 14.5. The predicted octanol–water partition coefficient (Wildman–Crippen LogP) is 4.17. The molecule has 30 heavy (non-hydrogen) atoms. The van der Waals surface area contributed by atoms with Crippen LogP contribution in [0.2, 0.25) is 0 Å². The highest BCUT2D eigenvalue weighted by Gasteiger charge is 2.26. The average Bonchev–Trinajstić information content (AvgIpc) is 2.76. The third kappa shape index (κ3) is 7.06.